The number of nitrogens with zero attached hydrogens (tertiary/aromatic N) is 3. The molecule has 2 N–H and O–H groups in total. The van der Waals surface area contributed by atoms with Crippen LogP contribution in [0.15, 0.2) is 47.5 Å². The highest BCUT2D eigenvalue weighted by molar-refractivity contribution is 6.31. The predicted molar refractivity (Wildman–Crippen MR) is 102 cm³/mol. The smallest absolute Gasteiger partial charge is 0.296 e. The van der Waals surface area contributed by atoms with Gasteiger partial charge in [-0.2, -0.15) is 0 Å². The van der Waals surface area contributed by atoms with Gasteiger partial charge in [-0.1, -0.05) is 23.7 Å². The van der Waals surface area contributed by atoms with Crippen LogP contribution in [0.25, 0.3) is 11.4 Å². The minimum absolute atomic E-state index is 0.178. The van der Waals surface area contributed by atoms with Crippen molar-refractivity contribution in [2.75, 3.05) is 0 Å². The van der Waals surface area contributed by atoms with Crippen LogP contribution >= 0.6 is 11.6 Å². The molecule has 0 bridgehead atoms. The summed E-state index contributed by atoms with van der Waals surface area (Å²) in [6.45, 7) is 2.06. The van der Waals surface area contributed by atoms with Gasteiger partial charge in [0, 0.05) is 36.6 Å². The molecule has 8 heteroatoms. The normalized spacial score (nSPS) is 10.6. The van der Waals surface area contributed by atoms with Gasteiger partial charge in [0.15, 0.2) is 5.69 Å². The Bertz CT molecular complexity index is 1060. The minimum Gasteiger partial charge on any atom is -0.501 e. The van der Waals surface area contributed by atoms with Crippen molar-refractivity contribution in [3.8, 4) is 17.1 Å². The van der Waals surface area contributed by atoms with Gasteiger partial charge in [-0.15, -0.1) is 0 Å². The van der Waals surface area contributed by atoms with Gasteiger partial charge in [0.25, 0.3) is 11.5 Å². The maximum absolute atomic E-state index is 12.5. The second-order valence-electron chi connectivity index (χ2n) is 6.00. The Morgan fingerprint density at radius 3 is 2.78 bits per heavy atom. The Morgan fingerprint density at radius 2 is 2.11 bits per heavy atom. The van der Waals surface area contributed by atoms with E-state index in [1.54, 1.807) is 24.4 Å². The van der Waals surface area contributed by atoms with Gasteiger partial charge >= 0.3 is 0 Å². The molecule has 1 amide bonds. The van der Waals surface area contributed by atoms with E-state index in [0.29, 0.717) is 10.6 Å². The van der Waals surface area contributed by atoms with E-state index < -0.39 is 17.2 Å². The number of hydrogen-bond acceptors (Lipinski definition) is 5. The first kappa shape index (κ1) is 18.6. The quantitative estimate of drug-likeness (QED) is 0.720. The first-order chi connectivity index (χ1) is 12.9. The number of carbonyl (C=O) groups excluding carboxylic acids is 1. The lowest BCUT2D eigenvalue weighted by molar-refractivity contribution is 0.0942. The number of hydrogen-bond donors (Lipinski definition) is 2. The van der Waals surface area contributed by atoms with Crippen LogP contribution in [0.3, 0.4) is 0 Å². The summed E-state index contributed by atoms with van der Waals surface area (Å²) in [6, 6.07) is 8.82. The van der Waals surface area contributed by atoms with Crippen LogP contribution in [0.4, 0.5) is 0 Å². The van der Waals surface area contributed by atoms with Crippen LogP contribution in [0.5, 0.6) is 5.75 Å². The maximum Gasteiger partial charge on any atom is 0.296 e. The third kappa shape index (κ3) is 3.83. The van der Waals surface area contributed by atoms with Crippen LogP contribution in [0.2, 0.25) is 5.02 Å². The molecule has 2 aromatic heterocycles. The summed E-state index contributed by atoms with van der Waals surface area (Å²) in [5.74, 6) is -1.13. The Hall–Kier alpha value is -3.19. The number of amides is 1. The van der Waals surface area contributed by atoms with E-state index in [1.165, 1.54) is 17.8 Å². The monoisotopic (exact) mass is 384 g/mol. The van der Waals surface area contributed by atoms with E-state index in [4.69, 9.17) is 11.6 Å². The van der Waals surface area contributed by atoms with Crippen molar-refractivity contribution in [3.63, 3.8) is 0 Å². The number of aromatic hydroxyl groups is 1. The molecular formula is C19H17ClN4O3. The van der Waals surface area contributed by atoms with E-state index in [-0.39, 0.29) is 18.1 Å². The first-order valence-corrected chi connectivity index (χ1v) is 8.50. The fourth-order valence-corrected chi connectivity index (χ4v) is 2.72. The van der Waals surface area contributed by atoms with Gasteiger partial charge in [-0.05, 0) is 36.2 Å². The highest BCUT2D eigenvalue weighted by Gasteiger charge is 2.20. The van der Waals surface area contributed by atoms with Crippen LogP contribution in [0.1, 0.15) is 21.6 Å². The molecule has 0 saturated carbocycles. The number of rotatable bonds is 4. The second kappa shape index (κ2) is 7.59. The molecule has 0 fully saturated rings. The summed E-state index contributed by atoms with van der Waals surface area (Å²) in [6.07, 6.45) is 3.11. The van der Waals surface area contributed by atoms with Crippen molar-refractivity contribution in [1.82, 2.24) is 19.9 Å². The molecule has 3 aromatic rings. The molecule has 7 nitrogen and oxygen atoms in total. The maximum atomic E-state index is 12.5. The first-order valence-electron chi connectivity index (χ1n) is 8.12. The van der Waals surface area contributed by atoms with Crippen LogP contribution in [0, 0.1) is 6.92 Å². The zero-order valence-corrected chi connectivity index (χ0v) is 15.5. The fourth-order valence-electron chi connectivity index (χ4n) is 2.51. The summed E-state index contributed by atoms with van der Waals surface area (Å²) in [5.41, 5.74) is 1.22. The lowest BCUT2D eigenvalue weighted by Gasteiger charge is -2.12. The number of aromatic nitrogens is 3. The Balaban J connectivity index is 1.91. The van der Waals surface area contributed by atoms with Crippen molar-refractivity contribution in [2.24, 2.45) is 7.05 Å². The number of halogens is 1. The summed E-state index contributed by atoms with van der Waals surface area (Å²) in [5, 5.41) is 13.3. The Morgan fingerprint density at radius 1 is 1.33 bits per heavy atom. The molecule has 0 spiro atoms. The van der Waals surface area contributed by atoms with Crippen molar-refractivity contribution < 1.29 is 9.90 Å². The molecule has 0 aliphatic rings. The molecule has 27 heavy (non-hydrogen) atoms. The van der Waals surface area contributed by atoms with E-state index >= 15 is 0 Å². The molecule has 0 atom stereocenters. The van der Waals surface area contributed by atoms with Gasteiger partial charge in [0.05, 0.1) is 0 Å². The molecule has 3 rings (SSSR count). The summed E-state index contributed by atoms with van der Waals surface area (Å²) in [7, 11) is 1.47. The van der Waals surface area contributed by atoms with Crippen LogP contribution in [-0.2, 0) is 13.6 Å². The van der Waals surface area contributed by atoms with E-state index in [2.05, 4.69) is 15.3 Å². The molecule has 0 saturated heterocycles. The SMILES string of the molecule is Cc1ccc(CNC(=O)c2nc(-c3cccnc3)n(C)c(=O)c2O)cc1Cl. The molecule has 0 unspecified atom stereocenters. The molecule has 0 radical (unpaired) electrons. The molecule has 0 aliphatic carbocycles. The van der Waals surface area contributed by atoms with Gasteiger partial charge in [-0.25, -0.2) is 4.98 Å². The van der Waals surface area contributed by atoms with E-state index in [0.717, 1.165) is 11.1 Å². The summed E-state index contributed by atoms with van der Waals surface area (Å²) >= 11 is 6.08. The fraction of sp³-hybridized carbons (Fsp3) is 0.158. The third-order valence-corrected chi connectivity index (χ3v) is 4.50. The molecule has 2 heterocycles. The Kier molecular flexibility index (Phi) is 5.23. The number of pyridine rings is 1. The number of benzene rings is 1. The Labute approximate surface area is 160 Å². The highest BCUT2D eigenvalue weighted by Crippen LogP contribution is 2.19. The molecule has 138 valence electrons. The van der Waals surface area contributed by atoms with Gasteiger partial charge < -0.3 is 10.4 Å². The molecule has 0 aliphatic heterocycles. The van der Waals surface area contributed by atoms with Crippen molar-refractivity contribution in [2.45, 2.75) is 13.5 Å². The van der Waals surface area contributed by atoms with Crippen molar-refractivity contribution >= 4 is 17.5 Å². The average molecular weight is 385 g/mol. The van der Waals surface area contributed by atoms with Crippen LogP contribution < -0.4 is 10.9 Å². The molecule has 1 aromatic carbocycles. The van der Waals surface area contributed by atoms with E-state index in [1.807, 2.05) is 19.1 Å². The summed E-state index contributed by atoms with van der Waals surface area (Å²) in [4.78, 5) is 33.0. The lowest BCUT2D eigenvalue weighted by atomic mass is 10.1. The zero-order chi connectivity index (χ0) is 19.6. The van der Waals surface area contributed by atoms with Crippen LogP contribution in [-0.4, -0.2) is 25.5 Å². The highest BCUT2D eigenvalue weighted by atomic mass is 35.5. The van der Waals surface area contributed by atoms with Gasteiger partial charge in [0.2, 0.25) is 5.75 Å². The third-order valence-electron chi connectivity index (χ3n) is 4.09. The average Bonchev–Trinajstić information content (AvgIpc) is 2.68. The second-order valence-corrected chi connectivity index (χ2v) is 6.41. The van der Waals surface area contributed by atoms with Crippen molar-refractivity contribution in [1.29, 1.82) is 0 Å². The standard InChI is InChI=1S/C19H17ClN4O3/c1-11-5-6-12(8-14(11)20)9-22-18(26)15-16(25)19(27)24(2)17(23-15)13-4-3-7-21-10-13/h3-8,10,25H,9H2,1-2H3,(H,22,26). The number of carbonyl (C=O) groups is 1. The minimum atomic E-state index is -0.715. The molecular weight excluding hydrogens is 368 g/mol. The topological polar surface area (TPSA) is 97.1 Å². The number of nitrogens with one attached hydrogen (secondary N) is 1. The van der Waals surface area contributed by atoms with Gasteiger partial charge in [-0.3, -0.25) is 19.1 Å². The van der Waals surface area contributed by atoms with Gasteiger partial charge in [0.1, 0.15) is 5.82 Å². The predicted octanol–water partition coefficient (Wildman–Crippen LogP) is 2.44. The lowest BCUT2D eigenvalue weighted by Crippen LogP contribution is -2.29. The number of aryl methyl sites for hydroxylation is 1. The van der Waals surface area contributed by atoms with Crippen molar-refractivity contribution in [3.05, 3.63) is 74.9 Å². The van der Waals surface area contributed by atoms with E-state index in [9.17, 15) is 14.7 Å². The largest absolute Gasteiger partial charge is 0.501 e. The summed E-state index contributed by atoms with van der Waals surface area (Å²) < 4.78 is 1.17. The zero-order valence-electron chi connectivity index (χ0n) is 14.7.